The Morgan fingerprint density at radius 3 is 1.55 bits per heavy atom. The van der Waals surface area contributed by atoms with Gasteiger partial charge in [0.05, 0.1) is 72.7 Å². The molecule has 0 spiro atoms. The van der Waals surface area contributed by atoms with Crippen molar-refractivity contribution in [3.63, 3.8) is 0 Å². The van der Waals surface area contributed by atoms with Crippen LogP contribution in [0.2, 0.25) is 0 Å². The molecular weight excluding hydrogens is 490 g/mol. The molecule has 38 heavy (non-hydrogen) atoms. The van der Waals surface area contributed by atoms with E-state index >= 15 is 0 Å². The van der Waals surface area contributed by atoms with Crippen LogP contribution in [0.5, 0.6) is 0 Å². The molecule has 3 rings (SSSR count). The zero-order chi connectivity index (χ0) is 26.8. The smallest absolute Gasteiger partial charge is 0.409 e. The minimum Gasteiger partial charge on any atom is -0.448 e. The number of carbonyl (C=O) groups excluding carboxylic acids is 1. The van der Waals surface area contributed by atoms with Gasteiger partial charge in [-0.3, -0.25) is 0 Å². The Hall–Kier alpha value is -2.53. The Balaban J connectivity index is 1.16. The number of methoxy groups -OCH3 is 1. The normalized spacial score (nSPS) is 12.4. The lowest BCUT2D eigenvalue weighted by molar-refractivity contribution is -0.0153. The standard InChI is InChI=1S/C29H41NO8/c1-30(11-12-33-15-16-35-19-20-37-22-21-36-18-17-34-14-13-32-2)29(31)38-23-28-26-9-5-3-7-24(26)25-8-4-6-10-27(25)28/h3-10,28H,11-23H2,1-2H3. The number of benzene rings is 2. The number of carbonyl (C=O) groups is 1. The molecule has 0 aliphatic heterocycles. The van der Waals surface area contributed by atoms with Crippen LogP contribution < -0.4 is 0 Å². The zero-order valence-electron chi connectivity index (χ0n) is 22.6. The van der Waals surface area contributed by atoms with E-state index in [0.29, 0.717) is 85.8 Å². The maximum atomic E-state index is 12.5. The maximum absolute atomic E-state index is 12.5. The molecule has 0 saturated carbocycles. The van der Waals surface area contributed by atoms with Gasteiger partial charge in [0.25, 0.3) is 0 Å². The Kier molecular flexibility index (Phi) is 14.1. The molecule has 0 atom stereocenters. The monoisotopic (exact) mass is 531 g/mol. The van der Waals surface area contributed by atoms with Gasteiger partial charge in [-0.25, -0.2) is 4.79 Å². The SMILES string of the molecule is COCCOCCOCCOCCOCCOCCN(C)C(=O)OCC1c2ccccc2-c2ccccc21. The molecule has 1 amide bonds. The van der Waals surface area contributed by atoms with E-state index in [1.54, 1.807) is 14.2 Å². The van der Waals surface area contributed by atoms with Crippen molar-refractivity contribution in [2.45, 2.75) is 5.92 Å². The summed E-state index contributed by atoms with van der Waals surface area (Å²) in [5.74, 6) is 0.0514. The second-order valence-electron chi connectivity index (χ2n) is 8.78. The molecule has 0 bridgehead atoms. The third-order valence-corrected chi connectivity index (χ3v) is 6.14. The number of ether oxygens (including phenoxy) is 7. The molecule has 0 radical (unpaired) electrons. The number of amides is 1. The average molecular weight is 532 g/mol. The summed E-state index contributed by atoms with van der Waals surface area (Å²) in [6.07, 6.45) is -0.355. The highest BCUT2D eigenvalue weighted by Crippen LogP contribution is 2.44. The van der Waals surface area contributed by atoms with Gasteiger partial charge in [0, 0.05) is 26.6 Å². The Bertz CT molecular complexity index is 895. The second kappa shape index (κ2) is 17.9. The predicted molar refractivity (Wildman–Crippen MR) is 144 cm³/mol. The van der Waals surface area contributed by atoms with Crippen LogP contribution in [0.4, 0.5) is 4.79 Å². The van der Waals surface area contributed by atoms with Crippen molar-refractivity contribution in [2.24, 2.45) is 0 Å². The predicted octanol–water partition coefficient (Wildman–Crippen LogP) is 3.60. The van der Waals surface area contributed by atoms with Crippen molar-refractivity contribution in [1.82, 2.24) is 4.90 Å². The molecule has 2 aromatic rings. The van der Waals surface area contributed by atoms with Crippen LogP contribution in [-0.4, -0.2) is 111 Å². The summed E-state index contributed by atoms with van der Waals surface area (Å²) in [5.41, 5.74) is 4.82. The van der Waals surface area contributed by atoms with Gasteiger partial charge in [-0.15, -0.1) is 0 Å². The van der Waals surface area contributed by atoms with Crippen molar-refractivity contribution in [2.75, 3.05) is 100.0 Å². The third-order valence-electron chi connectivity index (χ3n) is 6.14. The highest BCUT2D eigenvalue weighted by atomic mass is 16.6. The number of likely N-dealkylation sites (N-methyl/N-ethyl adjacent to an activating group) is 1. The van der Waals surface area contributed by atoms with E-state index in [-0.39, 0.29) is 12.0 Å². The number of hydrogen-bond acceptors (Lipinski definition) is 8. The number of rotatable bonds is 20. The second-order valence-corrected chi connectivity index (χ2v) is 8.78. The Labute approximate surface area is 225 Å². The first-order valence-corrected chi connectivity index (χ1v) is 13.2. The molecule has 2 aromatic carbocycles. The molecule has 1 aliphatic rings. The molecule has 0 aromatic heterocycles. The van der Waals surface area contributed by atoms with Crippen molar-refractivity contribution in [1.29, 1.82) is 0 Å². The molecular formula is C29H41NO8. The Morgan fingerprint density at radius 1 is 0.658 bits per heavy atom. The van der Waals surface area contributed by atoms with Crippen molar-refractivity contribution in [3.8, 4) is 11.1 Å². The summed E-state index contributed by atoms with van der Waals surface area (Å²) in [6, 6.07) is 16.6. The van der Waals surface area contributed by atoms with E-state index in [0.717, 1.165) is 0 Å². The first kappa shape index (κ1) is 30.0. The first-order valence-electron chi connectivity index (χ1n) is 13.2. The summed E-state index contributed by atoms with van der Waals surface area (Å²) < 4.78 is 37.8. The van der Waals surface area contributed by atoms with E-state index in [4.69, 9.17) is 33.2 Å². The lowest BCUT2D eigenvalue weighted by Crippen LogP contribution is -2.32. The van der Waals surface area contributed by atoms with Crippen LogP contribution in [0.3, 0.4) is 0 Å². The zero-order valence-corrected chi connectivity index (χ0v) is 22.6. The molecule has 0 heterocycles. The van der Waals surface area contributed by atoms with Gasteiger partial charge in [0.2, 0.25) is 0 Å². The van der Waals surface area contributed by atoms with Gasteiger partial charge in [0.15, 0.2) is 0 Å². The fourth-order valence-corrected chi connectivity index (χ4v) is 4.12. The highest BCUT2D eigenvalue weighted by molar-refractivity contribution is 5.79. The fraction of sp³-hybridized carbons (Fsp3) is 0.552. The number of fused-ring (bicyclic) bond motifs is 3. The minimum absolute atomic E-state index is 0.0514. The van der Waals surface area contributed by atoms with E-state index in [9.17, 15) is 4.79 Å². The van der Waals surface area contributed by atoms with Gasteiger partial charge < -0.3 is 38.1 Å². The lowest BCUT2D eigenvalue weighted by Gasteiger charge is -2.19. The van der Waals surface area contributed by atoms with Gasteiger partial charge in [-0.1, -0.05) is 48.5 Å². The van der Waals surface area contributed by atoms with Crippen molar-refractivity contribution < 1.29 is 38.0 Å². The fourth-order valence-electron chi connectivity index (χ4n) is 4.12. The van der Waals surface area contributed by atoms with Crippen LogP contribution >= 0.6 is 0 Å². The molecule has 210 valence electrons. The minimum atomic E-state index is -0.355. The van der Waals surface area contributed by atoms with E-state index < -0.39 is 0 Å². The first-order chi connectivity index (χ1) is 18.7. The van der Waals surface area contributed by atoms with Gasteiger partial charge >= 0.3 is 6.09 Å². The summed E-state index contributed by atoms with van der Waals surface area (Å²) >= 11 is 0. The summed E-state index contributed by atoms with van der Waals surface area (Å²) in [4.78, 5) is 14.1. The van der Waals surface area contributed by atoms with Crippen molar-refractivity contribution in [3.05, 3.63) is 59.7 Å². The highest BCUT2D eigenvalue weighted by Gasteiger charge is 2.29. The maximum Gasteiger partial charge on any atom is 0.409 e. The average Bonchev–Trinajstić information content (AvgIpc) is 3.27. The van der Waals surface area contributed by atoms with Crippen LogP contribution in [0.1, 0.15) is 17.0 Å². The van der Waals surface area contributed by atoms with E-state index in [2.05, 4.69) is 24.3 Å². The Morgan fingerprint density at radius 2 is 1.08 bits per heavy atom. The summed E-state index contributed by atoms with van der Waals surface area (Å²) in [7, 11) is 3.36. The summed E-state index contributed by atoms with van der Waals surface area (Å²) in [6.45, 7) is 6.35. The molecule has 0 N–H and O–H groups in total. The lowest BCUT2D eigenvalue weighted by atomic mass is 9.98. The van der Waals surface area contributed by atoms with Crippen molar-refractivity contribution >= 4 is 6.09 Å². The van der Waals surface area contributed by atoms with Gasteiger partial charge in [-0.2, -0.15) is 0 Å². The summed E-state index contributed by atoms with van der Waals surface area (Å²) in [5, 5.41) is 0. The van der Waals surface area contributed by atoms with Gasteiger partial charge in [-0.05, 0) is 22.3 Å². The topological polar surface area (TPSA) is 84.9 Å². The third kappa shape index (κ3) is 9.98. The van der Waals surface area contributed by atoms with E-state index in [1.165, 1.54) is 27.2 Å². The van der Waals surface area contributed by atoms with Crippen LogP contribution in [0.25, 0.3) is 11.1 Å². The number of nitrogens with zero attached hydrogens (tertiary/aromatic N) is 1. The van der Waals surface area contributed by atoms with Crippen LogP contribution in [0, 0.1) is 0 Å². The number of hydrogen-bond donors (Lipinski definition) is 0. The quantitative estimate of drug-likeness (QED) is 0.240. The molecule has 9 heteroatoms. The molecule has 0 fully saturated rings. The molecule has 0 unspecified atom stereocenters. The van der Waals surface area contributed by atoms with Crippen LogP contribution in [0.15, 0.2) is 48.5 Å². The van der Waals surface area contributed by atoms with E-state index in [1.807, 2.05) is 24.3 Å². The molecule has 9 nitrogen and oxygen atoms in total. The van der Waals surface area contributed by atoms with Gasteiger partial charge in [0.1, 0.15) is 6.61 Å². The molecule has 0 saturated heterocycles. The molecule has 1 aliphatic carbocycles. The largest absolute Gasteiger partial charge is 0.448 e. The van der Waals surface area contributed by atoms with Crippen LogP contribution in [-0.2, 0) is 33.2 Å².